The number of rotatable bonds is 9. The van der Waals surface area contributed by atoms with Gasteiger partial charge < -0.3 is 47.1 Å². The number of H-pyrrole nitrogens is 1. The van der Waals surface area contributed by atoms with Crippen molar-refractivity contribution >= 4 is 22.7 Å². The number of nitrogens with one attached hydrogen (secondary N) is 3. The smallest absolute Gasteiger partial charge is 0.243 e. The van der Waals surface area contributed by atoms with Crippen molar-refractivity contribution in [3.8, 4) is 0 Å². The first-order valence-electron chi connectivity index (χ1n) is 12.1. The molecule has 0 saturated carbocycles. The van der Waals surface area contributed by atoms with Crippen LogP contribution in [0, 0.1) is 0 Å². The molecule has 0 radical (unpaired) electrons. The third-order valence-electron chi connectivity index (χ3n) is 6.59. The number of ether oxygens (including phenoxy) is 1. The van der Waals surface area contributed by atoms with E-state index in [-0.39, 0.29) is 19.5 Å². The van der Waals surface area contributed by atoms with E-state index in [1.54, 1.807) is 0 Å². The predicted octanol–water partition coefficient (Wildman–Crippen LogP) is -1.35. The van der Waals surface area contributed by atoms with E-state index < -0.39 is 54.4 Å². The quantitative estimate of drug-likeness (QED) is 0.172. The highest BCUT2D eigenvalue weighted by atomic mass is 16.5. The van der Waals surface area contributed by atoms with E-state index in [0.717, 1.165) is 22.2 Å². The van der Waals surface area contributed by atoms with Gasteiger partial charge in [0.25, 0.3) is 0 Å². The Morgan fingerprint density at radius 1 is 0.973 bits per heavy atom. The summed E-state index contributed by atoms with van der Waals surface area (Å²) >= 11 is 0. The number of aliphatic hydroxyl groups is 3. The molecule has 2 heterocycles. The van der Waals surface area contributed by atoms with Crippen LogP contribution in [-0.2, 0) is 27.3 Å². The van der Waals surface area contributed by atoms with Gasteiger partial charge in [-0.2, -0.15) is 0 Å². The normalized spacial score (nSPS) is 25.4. The van der Waals surface area contributed by atoms with Crippen molar-refractivity contribution in [1.82, 2.24) is 15.6 Å². The number of hydrogen-bond acceptors (Lipinski definition) is 8. The first kappa shape index (κ1) is 26.7. The van der Waals surface area contributed by atoms with Crippen LogP contribution in [0.1, 0.15) is 11.3 Å². The third-order valence-corrected chi connectivity index (χ3v) is 6.59. The van der Waals surface area contributed by atoms with Gasteiger partial charge in [0.05, 0.1) is 6.10 Å². The molecule has 4 rings (SSSR count). The van der Waals surface area contributed by atoms with E-state index >= 15 is 0 Å². The molecule has 37 heavy (non-hydrogen) atoms. The lowest BCUT2D eigenvalue weighted by molar-refractivity contribution is -0.223. The van der Waals surface area contributed by atoms with Gasteiger partial charge in [-0.3, -0.25) is 9.59 Å². The molecular weight excluding hydrogens is 478 g/mol. The third kappa shape index (κ3) is 6.16. The molecule has 1 saturated heterocycles. The number of benzene rings is 2. The molecule has 0 spiro atoms. The fourth-order valence-corrected chi connectivity index (χ4v) is 4.47. The lowest BCUT2D eigenvalue weighted by atomic mass is 9.91. The summed E-state index contributed by atoms with van der Waals surface area (Å²) < 4.78 is 5.54. The molecule has 1 aliphatic rings. The van der Waals surface area contributed by atoms with Gasteiger partial charge in [-0.1, -0.05) is 48.5 Å². The Morgan fingerprint density at radius 3 is 2.38 bits per heavy atom. The number of nitrogens with two attached hydrogens (primary N) is 2. The molecule has 1 fully saturated rings. The van der Waals surface area contributed by atoms with E-state index in [9.17, 15) is 24.9 Å². The number of hydrogen-bond donors (Lipinski definition) is 8. The summed E-state index contributed by atoms with van der Waals surface area (Å²) in [6.45, 7) is 0.109. The summed E-state index contributed by atoms with van der Waals surface area (Å²) in [4.78, 5) is 29.6. The number of aromatic nitrogens is 1. The van der Waals surface area contributed by atoms with Gasteiger partial charge in [-0.15, -0.1) is 0 Å². The molecule has 7 atom stereocenters. The number of aliphatic hydroxyl groups excluding tert-OH is 3. The summed E-state index contributed by atoms with van der Waals surface area (Å²) in [6.07, 6.45) is -6.86. The summed E-state index contributed by atoms with van der Waals surface area (Å²) in [7, 11) is 0. The summed E-state index contributed by atoms with van der Waals surface area (Å²) in [6, 6.07) is 16.4. The number of para-hydroxylation sites is 1. The average Bonchev–Trinajstić information content (AvgIpc) is 3.33. The lowest BCUT2D eigenvalue weighted by Gasteiger charge is -2.42. The van der Waals surface area contributed by atoms with E-state index in [1.807, 2.05) is 60.7 Å². The van der Waals surface area contributed by atoms with Crippen LogP contribution in [0.25, 0.3) is 10.9 Å². The molecule has 2 aromatic carbocycles. The maximum absolute atomic E-state index is 13.2. The maximum Gasteiger partial charge on any atom is 0.243 e. The minimum absolute atomic E-state index is 0.147. The largest absolute Gasteiger partial charge is 0.388 e. The highest BCUT2D eigenvalue weighted by molar-refractivity contribution is 5.90. The van der Waals surface area contributed by atoms with Gasteiger partial charge in [-0.05, 0) is 23.1 Å². The van der Waals surface area contributed by atoms with Gasteiger partial charge in [0, 0.05) is 30.7 Å². The highest BCUT2D eigenvalue weighted by Crippen LogP contribution is 2.23. The molecule has 3 aromatic rings. The molecule has 198 valence electrons. The van der Waals surface area contributed by atoms with Crippen LogP contribution in [0.5, 0.6) is 0 Å². The number of carbonyl (C=O) groups is 2. The molecule has 11 heteroatoms. The fraction of sp³-hybridized carbons (Fsp3) is 0.385. The Bertz CT molecular complexity index is 1170. The monoisotopic (exact) mass is 511 g/mol. The molecule has 0 bridgehead atoms. The zero-order valence-corrected chi connectivity index (χ0v) is 20.2. The van der Waals surface area contributed by atoms with Crippen LogP contribution in [0.2, 0.25) is 0 Å². The standard InChI is InChI=1S/C26H33N5O6/c27-12-19-21(32)22(33)23(34)24(37-19)20(28)26(36)31-18(25(35)29-13-14-6-2-1-3-7-14)11-16-10-15-8-4-5-9-17(15)30-16/h1-10,18-24,30,32-34H,11-13,27-28H2,(H,29,35)(H,31,36)/t18-,19?,20?,21+,22?,23?,24-/m0/s1. The average molecular weight is 512 g/mol. The summed E-state index contributed by atoms with van der Waals surface area (Å²) in [5.41, 5.74) is 14.2. The van der Waals surface area contributed by atoms with Crippen LogP contribution < -0.4 is 22.1 Å². The van der Waals surface area contributed by atoms with E-state index in [1.165, 1.54) is 0 Å². The van der Waals surface area contributed by atoms with Crippen LogP contribution in [-0.4, -0.2) is 81.3 Å². The topological polar surface area (TPSA) is 196 Å². The molecule has 0 aliphatic carbocycles. The maximum atomic E-state index is 13.2. The van der Waals surface area contributed by atoms with Crippen molar-refractivity contribution in [1.29, 1.82) is 0 Å². The van der Waals surface area contributed by atoms with E-state index in [0.29, 0.717) is 0 Å². The van der Waals surface area contributed by atoms with Crippen LogP contribution >= 0.6 is 0 Å². The Morgan fingerprint density at radius 2 is 1.68 bits per heavy atom. The molecule has 11 nitrogen and oxygen atoms in total. The number of amides is 2. The minimum atomic E-state index is -1.63. The number of fused-ring (bicyclic) bond motifs is 1. The van der Waals surface area contributed by atoms with Crippen molar-refractivity contribution in [3.05, 3.63) is 71.9 Å². The lowest BCUT2D eigenvalue weighted by Crippen LogP contribution is -2.66. The van der Waals surface area contributed by atoms with E-state index in [2.05, 4.69) is 15.6 Å². The summed E-state index contributed by atoms with van der Waals surface area (Å²) in [5.74, 6) is -1.19. The zero-order valence-electron chi connectivity index (χ0n) is 20.2. The van der Waals surface area contributed by atoms with Gasteiger partial charge in [0.1, 0.15) is 36.5 Å². The van der Waals surface area contributed by atoms with Crippen LogP contribution in [0.4, 0.5) is 0 Å². The van der Waals surface area contributed by atoms with Gasteiger partial charge in [-0.25, -0.2) is 0 Å². The van der Waals surface area contributed by atoms with Gasteiger partial charge in [0.15, 0.2) is 0 Å². The number of aromatic amines is 1. The fourth-order valence-electron chi connectivity index (χ4n) is 4.47. The number of carbonyl (C=O) groups excluding carboxylic acids is 2. The van der Waals surface area contributed by atoms with Crippen LogP contribution in [0.15, 0.2) is 60.7 Å². The Balaban J connectivity index is 1.50. The molecule has 2 amide bonds. The Hall–Kier alpha value is -3.32. The first-order chi connectivity index (χ1) is 17.8. The van der Waals surface area contributed by atoms with Gasteiger partial charge in [0.2, 0.25) is 11.8 Å². The molecule has 10 N–H and O–H groups in total. The Kier molecular flexibility index (Phi) is 8.54. The minimum Gasteiger partial charge on any atom is -0.388 e. The SMILES string of the molecule is NCC1O[C@@H](C(N)C(=O)N[C@@H](Cc2cc3ccccc3[nH]2)C(=O)NCc2ccccc2)C(O)C(O)[C@@H]1O. The predicted molar refractivity (Wildman–Crippen MR) is 136 cm³/mol. The first-order valence-corrected chi connectivity index (χ1v) is 12.1. The molecule has 4 unspecified atom stereocenters. The molecular formula is C26H33N5O6. The van der Waals surface area contributed by atoms with Crippen molar-refractivity contribution in [2.45, 2.75) is 55.6 Å². The van der Waals surface area contributed by atoms with Crippen molar-refractivity contribution in [3.63, 3.8) is 0 Å². The van der Waals surface area contributed by atoms with Crippen molar-refractivity contribution < 1.29 is 29.6 Å². The van der Waals surface area contributed by atoms with Crippen molar-refractivity contribution in [2.24, 2.45) is 11.5 Å². The molecule has 1 aromatic heterocycles. The second-order valence-electron chi connectivity index (χ2n) is 9.22. The van der Waals surface area contributed by atoms with Crippen molar-refractivity contribution in [2.75, 3.05) is 6.54 Å². The van der Waals surface area contributed by atoms with Crippen LogP contribution in [0.3, 0.4) is 0 Å². The highest BCUT2D eigenvalue weighted by Gasteiger charge is 2.47. The second-order valence-corrected chi connectivity index (χ2v) is 9.22. The zero-order chi connectivity index (χ0) is 26.5. The van der Waals surface area contributed by atoms with E-state index in [4.69, 9.17) is 16.2 Å². The Labute approximate surface area is 213 Å². The molecule has 1 aliphatic heterocycles. The summed E-state index contributed by atoms with van der Waals surface area (Å²) in [5, 5.41) is 37.0. The van der Waals surface area contributed by atoms with Gasteiger partial charge >= 0.3 is 0 Å². The second kappa shape index (κ2) is 11.8.